The van der Waals surface area contributed by atoms with E-state index in [-0.39, 0.29) is 5.57 Å². The van der Waals surface area contributed by atoms with Crippen molar-refractivity contribution in [2.45, 2.75) is 32.7 Å². The smallest absolute Gasteiger partial charge is 0.349 e. The third-order valence-corrected chi connectivity index (χ3v) is 4.76. The molecule has 1 aromatic carbocycles. The fourth-order valence-corrected chi connectivity index (χ4v) is 3.17. The Kier molecular flexibility index (Phi) is 6.32. The van der Waals surface area contributed by atoms with Crippen molar-refractivity contribution in [2.24, 2.45) is 0 Å². The maximum Gasteiger partial charge on any atom is 0.349 e. The van der Waals surface area contributed by atoms with E-state index in [0.29, 0.717) is 11.6 Å². The topological polar surface area (TPSA) is 113 Å². The van der Waals surface area contributed by atoms with Gasteiger partial charge in [-0.1, -0.05) is 18.2 Å². The minimum Gasteiger partial charge on any atom is -0.451 e. The second-order valence-corrected chi connectivity index (χ2v) is 7.04. The highest BCUT2D eigenvalue weighted by molar-refractivity contribution is 5.99. The molecule has 1 aliphatic rings. The van der Waals surface area contributed by atoms with Crippen molar-refractivity contribution >= 4 is 23.9 Å². The molecule has 3 rings (SSSR count). The van der Waals surface area contributed by atoms with Crippen LogP contribution >= 0.6 is 0 Å². The van der Waals surface area contributed by atoms with Gasteiger partial charge < -0.3 is 9.30 Å². The number of aryl methyl sites for hydroxylation is 1. The average Bonchev–Trinajstić information content (AvgIpc) is 3.54. The molecule has 0 atom stereocenters. The van der Waals surface area contributed by atoms with Crippen LogP contribution in [0.4, 0.5) is 0 Å². The number of aromatic nitrogens is 1. The molecule has 2 aromatic rings. The lowest BCUT2D eigenvalue weighted by Gasteiger charge is -2.08. The quantitative estimate of drug-likeness (QED) is 0.331. The Morgan fingerprint density at radius 2 is 1.90 bits per heavy atom. The van der Waals surface area contributed by atoms with Crippen molar-refractivity contribution in [3.8, 4) is 6.07 Å². The molecule has 2 amide bonds. The Labute approximate surface area is 174 Å². The van der Waals surface area contributed by atoms with Gasteiger partial charge in [0.05, 0.1) is 0 Å². The summed E-state index contributed by atoms with van der Waals surface area (Å²) in [5.41, 5.74) is 7.38. The van der Waals surface area contributed by atoms with Gasteiger partial charge in [0.15, 0.2) is 6.61 Å². The van der Waals surface area contributed by atoms with Gasteiger partial charge in [0.2, 0.25) is 0 Å². The molecule has 2 N–H and O–H groups in total. The van der Waals surface area contributed by atoms with E-state index in [0.717, 1.165) is 29.8 Å². The molecule has 154 valence electrons. The minimum absolute atomic E-state index is 0.202. The summed E-state index contributed by atoms with van der Waals surface area (Å²) >= 11 is 0. The Morgan fingerprint density at radius 1 is 1.20 bits per heavy atom. The highest BCUT2D eigenvalue weighted by atomic mass is 16.5. The summed E-state index contributed by atoms with van der Waals surface area (Å²) in [6.45, 7) is 3.30. The van der Waals surface area contributed by atoms with Crippen molar-refractivity contribution in [1.29, 1.82) is 5.26 Å². The summed E-state index contributed by atoms with van der Waals surface area (Å²) in [5.74, 6) is -2.13. The summed E-state index contributed by atoms with van der Waals surface area (Å²) in [7, 11) is 0. The predicted octanol–water partition coefficient (Wildman–Crippen LogP) is 2.35. The van der Waals surface area contributed by atoms with E-state index in [9.17, 15) is 19.6 Å². The van der Waals surface area contributed by atoms with Crippen molar-refractivity contribution in [2.75, 3.05) is 6.61 Å². The van der Waals surface area contributed by atoms with E-state index >= 15 is 0 Å². The molecule has 30 heavy (non-hydrogen) atoms. The number of nitrogens with zero attached hydrogens (tertiary/aromatic N) is 2. The fraction of sp³-hybridized carbons (Fsp3) is 0.273. The first-order valence-electron chi connectivity index (χ1n) is 9.52. The number of carbonyl (C=O) groups is 3. The number of nitriles is 1. The summed E-state index contributed by atoms with van der Waals surface area (Å²) in [4.78, 5) is 35.9. The number of rotatable bonds is 6. The number of hydrogen-bond donors (Lipinski definition) is 2. The molecule has 1 heterocycles. The Morgan fingerprint density at radius 3 is 2.53 bits per heavy atom. The number of hydrazine groups is 1. The first-order valence-corrected chi connectivity index (χ1v) is 9.52. The van der Waals surface area contributed by atoms with Crippen molar-refractivity contribution in [3.05, 3.63) is 64.5 Å². The van der Waals surface area contributed by atoms with Crippen LogP contribution in [0.1, 0.15) is 46.2 Å². The van der Waals surface area contributed by atoms with Crippen molar-refractivity contribution in [3.63, 3.8) is 0 Å². The van der Waals surface area contributed by atoms with E-state index < -0.39 is 24.4 Å². The number of amides is 2. The lowest BCUT2D eigenvalue weighted by molar-refractivity contribution is -0.144. The number of nitrogens with one attached hydrogen (secondary N) is 2. The summed E-state index contributed by atoms with van der Waals surface area (Å²) in [5, 5.41) is 9.33. The van der Waals surface area contributed by atoms with Crippen molar-refractivity contribution in [1.82, 2.24) is 15.4 Å². The first kappa shape index (κ1) is 20.9. The second-order valence-electron chi connectivity index (χ2n) is 7.04. The fourth-order valence-electron chi connectivity index (χ4n) is 3.17. The van der Waals surface area contributed by atoms with Gasteiger partial charge in [-0.2, -0.15) is 5.26 Å². The van der Waals surface area contributed by atoms with Crippen LogP contribution in [0.3, 0.4) is 0 Å². The van der Waals surface area contributed by atoms with Gasteiger partial charge in [-0.25, -0.2) is 4.79 Å². The van der Waals surface area contributed by atoms with Crippen LogP contribution in [0.2, 0.25) is 0 Å². The van der Waals surface area contributed by atoms with Gasteiger partial charge in [0, 0.05) is 23.0 Å². The van der Waals surface area contributed by atoms with E-state index in [1.54, 1.807) is 30.3 Å². The van der Waals surface area contributed by atoms with Gasteiger partial charge in [0.1, 0.15) is 11.6 Å². The molecular formula is C22H22N4O4. The van der Waals surface area contributed by atoms with Crippen LogP contribution in [0.15, 0.2) is 42.0 Å². The van der Waals surface area contributed by atoms with Crippen LogP contribution in [0.25, 0.3) is 6.08 Å². The second kappa shape index (κ2) is 9.09. The van der Waals surface area contributed by atoms with Gasteiger partial charge in [-0.3, -0.25) is 20.4 Å². The zero-order valence-corrected chi connectivity index (χ0v) is 16.8. The van der Waals surface area contributed by atoms with Gasteiger partial charge in [-0.05, 0) is 56.5 Å². The molecule has 0 saturated heterocycles. The van der Waals surface area contributed by atoms with E-state index in [4.69, 9.17) is 4.74 Å². The zero-order valence-electron chi connectivity index (χ0n) is 16.8. The number of carbonyl (C=O) groups excluding carboxylic acids is 3. The monoisotopic (exact) mass is 406 g/mol. The van der Waals surface area contributed by atoms with Crippen molar-refractivity contribution < 1.29 is 19.1 Å². The maximum absolute atomic E-state index is 12.2. The Hall–Kier alpha value is -3.86. The molecule has 1 fully saturated rings. The van der Waals surface area contributed by atoms with Gasteiger partial charge >= 0.3 is 5.97 Å². The molecule has 0 aliphatic heterocycles. The molecule has 0 unspecified atom stereocenters. The minimum atomic E-state index is -0.904. The molecule has 1 aromatic heterocycles. The third kappa shape index (κ3) is 4.94. The number of hydrogen-bond acceptors (Lipinski definition) is 5. The Balaban J connectivity index is 1.55. The largest absolute Gasteiger partial charge is 0.451 e. The van der Waals surface area contributed by atoms with Crippen LogP contribution in [-0.4, -0.2) is 29.0 Å². The highest BCUT2D eigenvalue weighted by Crippen LogP contribution is 2.38. The number of ether oxygens (including phenoxy) is 1. The lowest BCUT2D eigenvalue weighted by atomic mass is 10.1. The average molecular weight is 406 g/mol. The van der Waals surface area contributed by atoms with Gasteiger partial charge in [0.25, 0.3) is 11.8 Å². The van der Waals surface area contributed by atoms with Crippen LogP contribution in [-0.2, 0) is 14.3 Å². The molecule has 0 spiro atoms. The normalized spacial score (nSPS) is 13.3. The number of esters is 1. The number of benzene rings is 1. The summed E-state index contributed by atoms with van der Waals surface area (Å²) < 4.78 is 7.11. The Bertz CT molecular complexity index is 1040. The first-order chi connectivity index (χ1) is 14.4. The molecular weight excluding hydrogens is 384 g/mol. The highest BCUT2D eigenvalue weighted by Gasteiger charge is 2.27. The molecule has 8 nitrogen and oxygen atoms in total. The maximum atomic E-state index is 12.2. The molecule has 8 heteroatoms. The molecule has 1 saturated carbocycles. The SMILES string of the molecule is Cc1cc(/C=C(\C#N)C(=O)OCC(=O)NNC(=O)c2ccccc2)c(C)n1C1CC1. The summed E-state index contributed by atoms with van der Waals surface area (Å²) in [6.07, 6.45) is 3.73. The summed E-state index contributed by atoms with van der Waals surface area (Å²) in [6, 6.07) is 12.6. The van der Waals surface area contributed by atoms with E-state index in [2.05, 4.69) is 15.4 Å². The molecule has 0 radical (unpaired) electrons. The van der Waals surface area contributed by atoms with E-state index in [1.807, 2.05) is 26.0 Å². The van der Waals surface area contributed by atoms with Gasteiger partial charge in [-0.15, -0.1) is 0 Å². The lowest BCUT2D eigenvalue weighted by Crippen LogP contribution is -2.43. The predicted molar refractivity (Wildman–Crippen MR) is 109 cm³/mol. The van der Waals surface area contributed by atoms with Crippen LogP contribution in [0.5, 0.6) is 0 Å². The van der Waals surface area contributed by atoms with Crippen LogP contribution < -0.4 is 10.9 Å². The van der Waals surface area contributed by atoms with Crippen LogP contribution in [0, 0.1) is 25.2 Å². The van der Waals surface area contributed by atoms with E-state index in [1.165, 1.54) is 6.08 Å². The molecule has 1 aliphatic carbocycles. The standard InChI is InChI=1S/C22H22N4O4/c1-14-10-17(15(2)26(14)19-8-9-19)11-18(12-23)22(29)30-13-20(27)24-25-21(28)16-6-4-3-5-7-16/h3-7,10-11,19H,8-9,13H2,1-2H3,(H,24,27)(H,25,28)/b18-11+. The molecule has 0 bridgehead atoms. The zero-order chi connectivity index (χ0) is 21.7. The third-order valence-electron chi connectivity index (χ3n) is 4.76.